The fourth-order valence-electron chi connectivity index (χ4n) is 2.52. The molecule has 1 aromatic rings. The molecule has 0 radical (unpaired) electrons. The molecular weight excluding hydrogens is 250 g/mol. The van der Waals surface area contributed by atoms with Crippen molar-refractivity contribution in [3.8, 4) is 0 Å². The van der Waals surface area contributed by atoms with Gasteiger partial charge in [0.05, 0.1) is 0 Å². The first kappa shape index (κ1) is 13.6. The Morgan fingerprint density at radius 1 is 1.44 bits per heavy atom. The molecule has 2 heterocycles. The maximum atomic E-state index is 6.06. The molecule has 1 atom stereocenters. The van der Waals surface area contributed by atoms with Gasteiger partial charge in [-0.1, -0.05) is 18.5 Å². The van der Waals surface area contributed by atoms with Crippen LogP contribution in [0.25, 0.3) is 0 Å². The van der Waals surface area contributed by atoms with Gasteiger partial charge in [-0.25, -0.2) is 9.97 Å². The molecule has 100 valence electrons. The molecule has 0 spiro atoms. The quantitative estimate of drug-likeness (QED) is 0.788. The van der Waals surface area contributed by atoms with Gasteiger partial charge >= 0.3 is 0 Å². The van der Waals surface area contributed by atoms with Crippen molar-refractivity contribution in [3.63, 3.8) is 0 Å². The van der Waals surface area contributed by atoms with Gasteiger partial charge in [0.25, 0.3) is 0 Å². The maximum absolute atomic E-state index is 6.06. The van der Waals surface area contributed by atoms with Crippen molar-refractivity contribution >= 4 is 17.4 Å². The summed E-state index contributed by atoms with van der Waals surface area (Å²) in [5, 5.41) is 0.493. The topological polar surface area (TPSA) is 38.2 Å². The number of halogens is 1. The summed E-state index contributed by atoms with van der Waals surface area (Å²) in [4.78, 5) is 11.1. The molecule has 18 heavy (non-hydrogen) atoms. The minimum Gasteiger partial charge on any atom is -0.377 e. The van der Waals surface area contributed by atoms with Gasteiger partial charge in [-0.05, 0) is 25.7 Å². The van der Waals surface area contributed by atoms with Crippen LogP contribution in [0, 0.1) is 0 Å². The molecule has 5 heteroatoms. The van der Waals surface area contributed by atoms with Crippen molar-refractivity contribution in [2.75, 3.05) is 18.6 Å². The molecule has 2 rings (SSSR count). The lowest BCUT2D eigenvalue weighted by Crippen LogP contribution is -2.39. The predicted octanol–water partition coefficient (Wildman–Crippen LogP) is 3.05. The zero-order valence-electron chi connectivity index (χ0n) is 11.0. The average molecular weight is 270 g/mol. The molecule has 1 unspecified atom stereocenters. The second kappa shape index (κ2) is 6.34. The molecule has 0 saturated carbocycles. The highest BCUT2D eigenvalue weighted by molar-refractivity contribution is 6.29. The molecule has 0 aromatic carbocycles. The zero-order chi connectivity index (χ0) is 13.0. The van der Waals surface area contributed by atoms with Gasteiger partial charge in [-0.2, -0.15) is 0 Å². The Morgan fingerprint density at radius 2 is 2.28 bits per heavy atom. The van der Waals surface area contributed by atoms with Crippen LogP contribution in [0.5, 0.6) is 0 Å². The van der Waals surface area contributed by atoms with E-state index >= 15 is 0 Å². The lowest BCUT2D eigenvalue weighted by atomic mass is 10.0. The Morgan fingerprint density at radius 3 is 3.00 bits per heavy atom. The number of anilines is 1. The van der Waals surface area contributed by atoms with Crippen LogP contribution in [0.4, 0.5) is 5.82 Å². The Labute approximate surface area is 113 Å². The molecule has 0 N–H and O–H groups in total. The van der Waals surface area contributed by atoms with E-state index in [1.807, 2.05) is 6.07 Å². The molecule has 0 aliphatic carbocycles. The van der Waals surface area contributed by atoms with Crippen LogP contribution in [-0.2, 0) is 11.3 Å². The van der Waals surface area contributed by atoms with Crippen molar-refractivity contribution < 1.29 is 4.74 Å². The maximum Gasteiger partial charge on any atom is 0.158 e. The van der Waals surface area contributed by atoms with E-state index in [0.717, 1.165) is 18.8 Å². The van der Waals surface area contributed by atoms with Gasteiger partial charge in [0.1, 0.15) is 17.6 Å². The number of aromatic nitrogens is 2. The number of hydrogen-bond acceptors (Lipinski definition) is 4. The highest BCUT2D eigenvalue weighted by Crippen LogP contribution is 2.26. The van der Waals surface area contributed by atoms with E-state index < -0.39 is 0 Å². The van der Waals surface area contributed by atoms with E-state index in [1.165, 1.54) is 19.3 Å². The van der Waals surface area contributed by atoms with Crippen molar-refractivity contribution in [2.24, 2.45) is 0 Å². The van der Waals surface area contributed by atoms with Gasteiger partial charge in [0.2, 0.25) is 0 Å². The Bertz CT molecular complexity index is 400. The van der Waals surface area contributed by atoms with Crippen molar-refractivity contribution in [3.05, 3.63) is 17.0 Å². The number of nitrogens with zero attached hydrogens (tertiary/aromatic N) is 3. The minimum atomic E-state index is 0.401. The second-order valence-electron chi connectivity index (χ2n) is 4.65. The third-order valence-electron chi connectivity index (χ3n) is 3.39. The van der Waals surface area contributed by atoms with Crippen LogP contribution in [0.3, 0.4) is 0 Å². The largest absolute Gasteiger partial charge is 0.377 e. The number of hydrogen-bond donors (Lipinski definition) is 0. The standard InChI is InChI=1S/C13H20ClN3O/c1-3-10-6-4-5-7-17(10)13-8-11(14)15-12(16-13)9-18-2/h8,10H,3-7,9H2,1-2H3. The monoisotopic (exact) mass is 269 g/mol. The highest BCUT2D eigenvalue weighted by atomic mass is 35.5. The third-order valence-corrected chi connectivity index (χ3v) is 3.59. The first-order chi connectivity index (χ1) is 8.74. The van der Waals surface area contributed by atoms with Gasteiger partial charge < -0.3 is 9.64 Å². The fourth-order valence-corrected chi connectivity index (χ4v) is 2.71. The SMILES string of the molecule is CCC1CCCCN1c1cc(Cl)nc(COC)n1. The summed E-state index contributed by atoms with van der Waals surface area (Å²) in [5.41, 5.74) is 0. The normalized spacial score (nSPS) is 20.2. The van der Waals surface area contributed by atoms with E-state index in [0.29, 0.717) is 23.6 Å². The van der Waals surface area contributed by atoms with E-state index in [-0.39, 0.29) is 0 Å². The number of methoxy groups -OCH3 is 1. The summed E-state index contributed by atoms with van der Waals surface area (Å²) in [6, 6.07) is 2.43. The molecule has 4 nitrogen and oxygen atoms in total. The van der Waals surface area contributed by atoms with E-state index in [9.17, 15) is 0 Å². The summed E-state index contributed by atoms with van der Waals surface area (Å²) in [6.45, 7) is 3.68. The molecular formula is C13H20ClN3O. The van der Waals surface area contributed by atoms with Crippen molar-refractivity contribution in [1.82, 2.24) is 9.97 Å². The summed E-state index contributed by atoms with van der Waals surface area (Å²) in [7, 11) is 1.64. The molecule has 1 saturated heterocycles. The molecule has 1 fully saturated rings. The lowest BCUT2D eigenvalue weighted by molar-refractivity contribution is 0.177. The third kappa shape index (κ3) is 3.12. The summed E-state index contributed by atoms with van der Waals surface area (Å²) in [5.74, 6) is 1.59. The van der Waals surface area contributed by atoms with E-state index in [1.54, 1.807) is 7.11 Å². The van der Waals surface area contributed by atoms with Crippen LogP contribution in [-0.4, -0.2) is 29.7 Å². The van der Waals surface area contributed by atoms with Crippen LogP contribution in [0.15, 0.2) is 6.07 Å². The fraction of sp³-hybridized carbons (Fsp3) is 0.692. The average Bonchev–Trinajstić information content (AvgIpc) is 2.38. The van der Waals surface area contributed by atoms with Crippen LogP contribution < -0.4 is 4.90 Å². The smallest absolute Gasteiger partial charge is 0.158 e. The van der Waals surface area contributed by atoms with E-state index in [2.05, 4.69) is 21.8 Å². The van der Waals surface area contributed by atoms with Gasteiger partial charge in [0, 0.05) is 25.8 Å². The molecule has 0 bridgehead atoms. The minimum absolute atomic E-state index is 0.401. The van der Waals surface area contributed by atoms with Gasteiger partial charge in [-0.15, -0.1) is 0 Å². The summed E-state index contributed by atoms with van der Waals surface area (Å²) >= 11 is 6.06. The first-order valence-electron chi connectivity index (χ1n) is 6.53. The van der Waals surface area contributed by atoms with Crippen molar-refractivity contribution in [1.29, 1.82) is 0 Å². The van der Waals surface area contributed by atoms with Gasteiger partial charge in [-0.3, -0.25) is 0 Å². The number of piperidine rings is 1. The Kier molecular flexibility index (Phi) is 4.78. The molecule has 1 aliphatic rings. The molecule has 1 aliphatic heterocycles. The number of ether oxygens (including phenoxy) is 1. The second-order valence-corrected chi connectivity index (χ2v) is 5.04. The lowest BCUT2D eigenvalue weighted by Gasteiger charge is -2.36. The van der Waals surface area contributed by atoms with Crippen molar-refractivity contribution in [2.45, 2.75) is 45.3 Å². The Hall–Kier alpha value is -0.870. The van der Waals surface area contributed by atoms with Gasteiger partial charge in [0.15, 0.2) is 5.82 Å². The molecule has 0 amide bonds. The molecule has 1 aromatic heterocycles. The Balaban J connectivity index is 2.24. The summed E-state index contributed by atoms with van der Waals surface area (Å²) in [6.07, 6.45) is 4.90. The van der Waals surface area contributed by atoms with Crippen LogP contribution in [0.2, 0.25) is 5.15 Å². The van der Waals surface area contributed by atoms with E-state index in [4.69, 9.17) is 16.3 Å². The highest BCUT2D eigenvalue weighted by Gasteiger charge is 2.22. The zero-order valence-corrected chi connectivity index (χ0v) is 11.8. The summed E-state index contributed by atoms with van der Waals surface area (Å²) < 4.78 is 5.08. The van der Waals surface area contributed by atoms with Crippen LogP contribution >= 0.6 is 11.6 Å². The predicted molar refractivity (Wildman–Crippen MR) is 73.0 cm³/mol. The van der Waals surface area contributed by atoms with Crippen LogP contribution in [0.1, 0.15) is 38.4 Å². The number of rotatable bonds is 4. The first-order valence-corrected chi connectivity index (χ1v) is 6.91.